The minimum Gasteiger partial charge on any atom is -0.339 e. The number of fused-ring (bicyclic) bond motifs is 1. The van der Waals surface area contributed by atoms with Crippen LogP contribution in [-0.4, -0.2) is 65.2 Å². The lowest BCUT2D eigenvalue weighted by Gasteiger charge is -2.18. The van der Waals surface area contributed by atoms with Crippen LogP contribution in [0.4, 0.5) is 5.69 Å². The molecule has 10 heteroatoms. The molecule has 0 aliphatic carbocycles. The van der Waals surface area contributed by atoms with Gasteiger partial charge in [0.25, 0.3) is 5.91 Å². The average molecular weight is 484 g/mol. The van der Waals surface area contributed by atoms with Crippen molar-refractivity contribution in [3.8, 4) is 0 Å². The van der Waals surface area contributed by atoms with Crippen LogP contribution in [-0.2, 0) is 14.8 Å². The predicted octanol–water partition coefficient (Wildman–Crippen LogP) is 2.95. The summed E-state index contributed by atoms with van der Waals surface area (Å²) in [6.45, 7) is 7.30. The predicted molar refractivity (Wildman–Crippen MR) is 129 cm³/mol. The van der Waals surface area contributed by atoms with E-state index in [1.54, 1.807) is 27.7 Å². The van der Waals surface area contributed by atoms with Crippen LogP contribution in [0, 0.1) is 0 Å². The van der Waals surface area contributed by atoms with Gasteiger partial charge in [-0.05, 0) is 68.1 Å². The Kier molecular flexibility index (Phi) is 6.72. The van der Waals surface area contributed by atoms with Crippen LogP contribution in [0.1, 0.15) is 49.0 Å². The number of rotatable bonds is 7. The molecule has 1 saturated heterocycles. The second-order valence-electron chi connectivity index (χ2n) is 8.38. The molecule has 0 bridgehead atoms. The van der Waals surface area contributed by atoms with Gasteiger partial charge < -0.3 is 10.2 Å². The van der Waals surface area contributed by atoms with Gasteiger partial charge in [0.1, 0.15) is 0 Å². The summed E-state index contributed by atoms with van der Waals surface area (Å²) in [5.74, 6) is -0.254. The van der Waals surface area contributed by atoms with Crippen molar-refractivity contribution in [2.24, 2.45) is 0 Å². The summed E-state index contributed by atoms with van der Waals surface area (Å²) < 4.78 is 29.5. The molecule has 1 fully saturated rings. The Bertz CT molecular complexity index is 1310. The summed E-state index contributed by atoms with van der Waals surface area (Å²) in [4.78, 5) is 26.0. The third kappa shape index (κ3) is 4.55. The Morgan fingerprint density at radius 1 is 1.15 bits per heavy atom. The van der Waals surface area contributed by atoms with E-state index in [1.165, 1.54) is 23.4 Å². The van der Waals surface area contributed by atoms with Gasteiger partial charge in [0, 0.05) is 45.0 Å². The van der Waals surface area contributed by atoms with Crippen molar-refractivity contribution in [1.82, 2.24) is 18.8 Å². The van der Waals surface area contributed by atoms with Crippen LogP contribution in [0.15, 0.2) is 53.7 Å². The van der Waals surface area contributed by atoms with E-state index in [9.17, 15) is 18.0 Å². The first-order valence-electron chi connectivity index (χ1n) is 11.4. The Balaban J connectivity index is 1.54. The molecule has 2 aromatic heterocycles. The molecule has 4 rings (SSSR count). The molecule has 1 aromatic carbocycles. The quantitative estimate of drug-likeness (QED) is 0.556. The first-order valence-corrected chi connectivity index (χ1v) is 12.8. The molecule has 1 N–H and O–H groups in total. The lowest BCUT2D eigenvalue weighted by Crippen LogP contribution is -2.30. The fourth-order valence-corrected chi connectivity index (χ4v) is 5.88. The van der Waals surface area contributed by atoms with Crippen LogP contribution in [0.3, 0.4) is 0 Å². The van der Waals surface area contributed by atoms with Gasteiger partial charge in [0.05, 0.1) is 22.2 Å². The molecule has 0 radical (unpaired) electrons. The van der Waals surface area contributed by atoms with E-state index in [4.69, 9.17) is 0 Å². The van der Waals surface area contributed by atoms with Crippen molar-refractivity contribution < 1.29 is 18.0 Å². The van der Waals surface area contributed by atoms with Crippen LogP contribution < -0.4 is 5.32 Å². The highest BCUT2D eigenvalue weighted by molar-refractivity contribution is 7.89. The average Bonchev–Trinajstić information content (AvgIpc) is 3.47. The molecule has 1 atom stereocenters. The molecular weight excluding hydrogens is 454 g/mol. The number of carbonyl (C=O) groups is 2. The molecule has 1 aliphatic heterocycles. The topological polar surface area (TPSA) is 104 Å². The molecule has 3 heterocycles. The Morgan fingerprint density at radius 2 is 1.85 bits per heavy atom. The van der Waals surface area contributed by atoms with Crippen LogP contribution in [0.25, 0.3) is 5.52 Å². The molecule has 3 aromatic rings. The molecule has 34 heavy (non-hydrogen) atoms. The van der Waals surface area contributed by atoms with Crippen LogP contribution in [0.5, 0.6) is 0 Å². The summed E-state index contributed by atoms with van der Waals surface area (Å²) in [6, 6.07) is 10.1. The summed E-state index contributed by atoms with van der Waals surface area (Å²) in [7, 11) is -3.65. The monoisotopic (exact) mass is 483 g/mol. The van der Waals surface area contributed by atoms with E-state index in [2.05, 4.69) is 10.4 Å². The van der Waals surface area contributed by atoms with Gasteiger partial charge in [-0.25, -0.2) is 12.9 Å². The molecule has 0 spiro atoms. The van der Waals surface area contributed by atoms with E-state index in [-0.39, 0.29) is 22.6 Å². The molecular formula is C24H29N5O4S. The lowest BCUT2D eigenvalue weighted by molar-refractivity contribution is -0.114. The van der Waals surface area contributed by atoms with E-state index in [0.29, 0.717) is 43.9 Å². The second-order valence-corrected chi connectivity index (χ2v) is 10.3. The molecule has 2 amide bonds. The minimum absolute atomic E-state index is 0.0183. The van der Waals surface area contributed by atoms with E-state index in [0.717, 1.165) is 11.1 Å². The smallest absolute Gasteiger partial charge is 0.257 e. The Labute approximate surface area is 199 Å². The van der Waals surface area contributed by atoms with Crippen molar-refractivity contribution >= 4 is 33.0 Å². The number of amides is 2. The van der Waals surface area contributed by atoms with Gasteiger partial charge in [0.15, 0.2) is 0 Å². The fraction of sp³-hybridized carbons (Fsp3) is 0.375. The normalized spacial score (nSPS) is 16.6. The first-order chi connectivity index (χ1) is 16.2. The highest BCUT2D eigenvalue weighted by atomic mass is 32.2. The van der Waals surface area contributed by atoms with Gasteiger partial charge in [-0.1, -0.05) is 0 Å². The number of benzene rings is 1. The highest BCUT2D eigenvalue weighted by Gasteiger charge is 2.33. The maximum Gasteiger partial charge on any atom is 0.257 e. The number of nitrogens with zero attached hydrogens (tertiary/aromatic N) is 4. The number of sulfonamides is 1. The first kappa shape index (κ1) is 23.9. The zero-order valence-electron chi connectivity index (χ0n) is 19.6. The highest BCUT2D eigenvalue weighted by Crippen LogP contribution is 2.32. The summed E-state index contributed by atoms with van der Waals surface area (Å²) in [5.41, 5.74) is 2.81. The fourth-order valence-electron chi connectivity index (χ4n) is 4.38. The summed E-state index contributed by atoms with van der Waals surface area (Å²) >= 11 is 0. The summed E-state index contributed by atoms with van der Waals surface area (Å²) in [5, 5.41) is 6.95. The molecule has 180 valence electrons. The van der Waals surface area contributed by atoms with Crippen molar-refractivity contribution in [3.63, 3.8) is 0 Å². The zero-order valence-corrected chi connectivity index (χ0v) is 20.4. The number of carbonyl (C=O) groups excluding carboxylic acids is 2. The lowest BCUT2D eigenvalue weighted by atomic mass is 9.99. The Morgan fingerprint density at radius 3 is 2.50 bits per heavy atom. The zero-order chi connectivity index (χ0) is 24.5. The van der Waals surface area contributed by atoms with Crippen molar-refractivity contribution in [2.75, 3.05) is 31.5 Å². The third-order valence-electron chi connectivity index (χ3n) is 6.26. The third-order valence-corrected chi connectivity index (χ3v) is 8.14. The molecule has 1 unspecified atom stereocenters. The maximum atomic E-state index is 13.2. The van der Waals surface area contributed by atoms with Crippen LogP contribution in [0.2, 0.25) is 0 Å². The summed E-state index contributed by atoms with van der Waals surface area (Å²) in [6.07, 6.45) is 4.10. The molecule has 9 nitrogen and oxygen atoms in total. The van der Waals surface area contributed by atoms with Gasteiger partial charge in [-0.2, -0.15) is 9.40 Å². The number of hydrogen-bond donors (Lipinski definition) is 1. The van der Waals surface area contributed by atoms with Gasteiger partial charge in [0.2, 0.25) is 15.9 Å². The number of hydrogen-bond acceptors (Lipinski definition) is 5. The minimum atomic E-state index is -3.65. The largest absolute Gasteiger partial charge is 0.339 e. The molecule has 1 aliphatic rings. The van der Waals surface area contributed by atoms with Crippen LogP contribution >= 0.6 is 0 Å². The second kappa shape index (κ2) is 9.55. The maximum absolute atomic E-state index is 13.2. The number of nitrogens with one attached hydrogen (secondary N) is 1. The van der Waals surface area contributed by atoms with Crippen molar-refractivity contribution in [1.29, 1.82) is 0 Å². The molecule has 0 saturated carbocycles. The standard InChI is InChI=1S/C24H29N5O4S/c1-4-27(5-2)24(31)22-15-25-29-13-11-18(14-23(22)29)19-10-12-28(16-19)34(32,33)21-8-6-20(7-9-21)26-17(3)30/h6-9,11,13-15,19H,4-5,10,12,16H2,1-3H3,(H,26,30). The van der Waals surface area contributed by atoms with Gasteiger partial charge in [-0.3, -0.25) is 9.59 Å². The van der Waals surface area contributed by atoms with E-state index in [1.807, 2.05) is 32.2 Å². The van der Waals surface area contributed by atoms with Crippen molar-refractivity contribution in [2.45, 2.75) is 38.0 Å². The van der Waals surface area contributed by atoms with Gasteiger partial charge >= 0.3 is 0 Å². The van der Waals surface area contributed by atoms with E-state index < -0.39 is 10.0 Å². The van der Waals surface area contributed by atoms with Gasteiger partial charge in [-0.15, -0.1) is 0 Å². The SMILES string of the molecule is CCN(CC)C(=O)c1cnn2ccc(C3CCN(S(=O)(=O)c4ccc(NC(C)=O)cc4)C3)cc12. The number of aromatic nitrogens is 2. The Hall–Kier alpha value is -3.24. The number of anilines is 1. The van der Waals surface area contributed by atoms with Crippen molar-refractivity contribution in [3.05, 3.63) is 59.9 Å². The van der Waals surface area contributed by atoms with E-state index >= 15 is 0 Å². The number of pyridine rings is 1.